The molecule has 7 nitrogen and oxygen atoms in total. The van der Waals surface area contributed by atoms with Crippen molar-refractivity contribution in [2.75, 3.05) is 20.6 Å². The van der Waals surface area contributed by atoms with Gasteiger partial charge in [-0.2, -0.15) is 0 Å². The molecule has 0 fully saturated rings. The molecule has 0 bridgehead atoms. The Morgan fingerprint density at radius 1 is 1.13 bits per heavy atom. The Bertz CT molecular complexity index is 924. The first-order valence-corrected chi connectivity index (χ1v) is 10.5. The van der Waals surface area contributed by atoms with Crippen LogP contribution >= 0.6 is 0 Å². The van der Waals surface area contributed by atoms with E-state index in [-0.39, 0.29) is 11.8 Å². The summed E-state index contributed by atoms with van der Waals surface area (Å²) in [6.45, 7) is 10.3. The number of rotatable bonds is 4. The molecule has 0 unspecified atom stereocenters. The summed E-state index contributed by atoms with van der Waals surface area (Å²) < 4.78 is 2.16. The quantitative estimate of drug-likeness (QED) is 0.811. The highest BCUT2D eigenvalue weighted by molar-refractivity contribution is 5.97. The van der Waals surface area contributed by atoms with E-state index < -0.39 is 11.5 Å². The summed E-state index contributed by atoms with van der Waals surface area (Å²) in [4.78, 5) is 32.7. The molecule has 2 N–H and O–H groups in total. The van der Waals surface area contributed by atoms with Crippen molar-refractivity contribution in [2.45, 2.75) is 53.2 Å². The number of imidazole rings is 1. The van der Waals surface area contributed by atoms with Crippen LogP contribution in [0, 0.1) is 12.3 Å². The standard InChI is InChI=1S/C23H33N5O2/c1-15-8-10-16(11-9-15)20-25-18(17-14-27(6)12-7-13-28(17)20)21(29)26-19(22(30)24-5)23(2,3)4/h8-11,19H,7,12-14H2,1-6H3,(H,24,30)(H,26,29)/t19-/m1/s1. The van der Waals surface area contributed by atoms with Crippen LogP contribution in [0.25, 0.3) is 11.4 Å². The van der Waals surface area contributed by atoms with Crippen LogP contribution in [0.4, 0.5) is 0 Å². The third-order valence-electron chi connectivity index (χ3n) is 5.59. The van der Waals surface area contributed by atoms with Crippen LogP contribution in [0.1, 0.15) is 48.9 Å². The number of aryl methyl sites for hydroxylation is 1. The monoisotopic (exact) mass is 411 g/mol. The fourth-order valence-electron chi connectivity index (χ4n) is 3.84. The molecule has 0 spiro atoms. The number of fused-ring (bicyclic) bond motifs is 1. The van der Waals surface area contributed by atoms with E-state index in [0.717, 1.165) is 36.6 Å². The first-order chi connectivity index (χ1) is 14.1. The number of nitrogens with one attached hydrogen (secondary N) is 2. The third kappa shape index (κ3) is 4.56. The van der Waals surface area contributed by atoms with Crippen LogP contribution in [-0.4, -0.2) is 52.9 Å². The van der Waals surface area contributed by atoms with Crippen LogP contribution in [0.3, 0.4) is 0 Å². The molecule has 1 aromatic heterocycles. The normalized spacial score (nSPS) is 15.8. The molecule has 2 heterocycles. The van der Waals surface area contributed by atoms with E-state index in [4.69, 9.17) is 4.98 Å². The van der Waals surface area contributed by atoms with Crippen molar-refractivity contribution in [3.05, 3.63) is 41.2 Å². The number of nitrogens with zero attached hydrogens (tertiary/aromatic N) is 3. The maximum absolute atomic E-state index is 13.3. The van der Waals surface area contributed by atoms with Crippen molar-refractivity contribution >= 4 is 11.8 Å². The minimum Gasteiger partial charge on any atom is -0.357 e. The molecule has 0 radical (unpaired) electrons. The highest BCUT2D eigenvalue weighted by Crippen LogP contribution is 2.27. The van der Waals surface area contributed by atoms with Crippen molar-refractivity contribution in [1.29, 1.82) is 0 Å². The molecule has 1 atom stereocenters. The van der Waals surface area contributed by atoms with Gasteiger partial charge in [-0.15, -0.1) is 0 Å². The van der Waals surface area contributed by atoms with Gasteiger partial charge < -0.3 is 20.1 Å². The fourth-order valence-corrected chi connectivity index (χ4v) is 3.84. The van der Waals surface area contributed by atoms with Crippen LogP contribution in [0.2, 0.25) is 0 Å². The Kier molecular flexibility index (Phi) is 6.31. The van der Waals surface area contributed by atoms with E-state index in [1.165, 1.54) is 5.56 Å². The zero-order chi connectivity index (χ0) is 22.1. The van der Waals surface area contributed by atoms with E-state index in [0.29, 0.717) is 12.2 Å². The van der Waals surface area contributed by atoms with Crippen molar-refractivity contribution in [3.8, 4) is 11.4 Å². The second-order valence-electron chi connectivity index (χ2n) is 9.23. The molecule has 3 rings (SSSR count). The number of benzene rings is 1. The van der Waals surface area contributed by atoms with Crippen LogP contribution in [0.15, 0.2) is 24.3 Å². The average molecular weight is 412 g/mol. The van der Waals surface area contributed by atoms with Gasteiger partial charge in [0, 0.05) is 25.7 Å². The summed E-state index contributed by atoms with van der Waals surface area (Å²) >= 11 is 0. The van der Waals surface area contributed by atoms with Crippen molar-refractivity contribution in [1.82, 2.24) is 25.1 Å². The topological polar surface area (TPSA) is 79.3 Å². The van der Waals surface area contributed by atoms with Gasteiger partial charge in [-0.05, 0) is 32.4 Å². The summed E-state index contributed by atoms with van der Waals surface area (Å²) in [5.74, 6) is 0.283. The molecule has 2 aromatic rings. The maximum Gasteiger partial charge on any atom is 0.272 e. The summed E-state index contributed by atoms with van der Waals surface area (Å²) in [5.41, 5.74) is 3.04. The molecule has 0 aliphatic carbocycles. The molecule has 7 heteroatoms. The van der Waals surface area contributed by atoms with Crippen LogP contribution in [0.5, 0.6) is 0 Å². The van der Waals surface area contributed by atoms with Gasteiger partial charge in [0.1, 0.15) is 11.9 Å². The first kappa shape index (κ1) is 22.0. The van der Waals surface area contributed by atoms with Gasteiger partial charge in [-0.1, -0.05) is 50.6 Å². The highest BCUT2D eigenvalue weighted by Gasteiger charge is 2.34. The van der Waals surface area contributed by atoms with Gasteiger partial charge in [0.05, 0.1) is 5.69 Å². The lowest BCUT2D eigenvalue weighted by atomic mass is 9.86. The number of carbonyl (C=O) groups is 2. The zero-order valence-electron chi connectivity index (χ0n) is 18.9. The van der Waals surface area contributed by atoms with E-state index in [9.17, 15) is 9.59 Å². The Labute approximate surface area is 178 Å². The maximum atomic E-state index is 13.3. The number of likely N-dealkylation sites (N-methyl/N-ethyl adjacent to an activating group) is 1. The highest BCUT2D eigenvalue weighted by atomic mass is 16.2. The Morgan fingerprint density at radius 2 is 1.80 bits per heavy atom. The van der Waals surface area contributed by atoms with Crippen molar-refractivity contribution in [3.63, 3.8) is 0 Å². The first-order valence-electron chi connectivity index (χ1n) is 10.5. The van der Waals surface area contributed by atoms with Crippen molar-refractivity contribution in [2.24, 2.45) is 5.41 Å². The largest absolute Gasteiger partial charge is 0.357 e. The Balaban J connectivity index is 2.04. The Hall–Kier alpha value is -2.67. The van der Waals surface area contributed by atoms with Gasteiger partial charge in [0.2, 0.25) is 5.91 Å². The molecule has 162 valence electrons. The number of carbonyl (C=O) groups excluding carboxylic acids is 2. The number of amides is 2. The minimum atomic E-state index is -0.654. The van der Waals surface area contributed by atoms with E-state index in [1.54, 1.807) is 7.05 Å². The zero-order valence-corrected chi connectivity index (χ0v) is 18.9. The lowest BCUT2D eigenvalue weighted by Crippen LogP contribution is -2.53. The lowest BCUT2D eigenvalue weighted by Gasteiger charge is -2.29. The summed E-state index contributed by atoms with van der Waals surface area (Å²) in [7, 11) is 3.64. The summed E-state index contributed by atoms with van der Waals surface area (Å²) in [5, 5.41) is 5.59. The van der Waals surface area contributed by atoms with Gasteiger partial charge in [-0.25, -0.2) is 4.98 Å². The lowest BCUT2D eigenvalue weighted by molar-refractivity contribution is -0.124. The van der Waals surface area contributed by atoms with Gasteiger partial charge in [0.25, 0.3) is 5.91 Å². The van der Waals surface area contributed by atoms with Gasteiger partial charge >= 0.3 is 0 Å². The molecular formula is C23H33N5O2. The number of hydrogen-bond acceptors (Lipinski definition) is 4. The summed E-state index contributed by atoms with van der Waals surface area (Å²) in [6.07, 6.45) is 0.989. The molecule has 2 amide bonds. The predicted molar refractivity (Wildman–Crippen MR) is 118 cm³/mol. The van der Waals surface area contributed by atoms with E-state index in [1.807, 2.05) is 32.9 Å². The van der Waals surface area contributed by atoms with Gasteiger partial charge in [-0.3, -0.25) is 9.59 Å². The minimum absolute atomic E-state index is 0.211. The summed E-state index contributed by atoms with van der Waals surface area (Å²) in [6, 6.07) is 7.55. The molecule has 1 aromatic carbocycles. The molecule has 1 aliphatic heterocycles. The molecule has 0 saturated heterocycles. The second kappa shape index (κ2) is 8.60. The number of hydrogen-bond donors (Lipinski definition) is 2. The fraction of sp³-hybridized carbons (Fsp3) is 0.522. The Morgan fingerprint density at radius 3 is 2.40 bits per heavy atom. The van der Waals surface area contributed by atoms with Crippen LogP contribution in [-0.2, 0) is 17.9 Å². The third-order valence-corrected chi connectivity index (χ3v) is 5.59. The van der Waals surface area contributed by atoms with E-state index >= 15 is 0 Å². The molecule has 1 aliphatic rings. The average Bonchev–Trinajstić information content (AvgIpc) is 2.91. The molecule has 0 saturated carbocycles. The molecule has 30 heavy (non-hydrogen) atoms. The second-order valence-corrected chi connectivity index (χ2v) is 9.23. The smallest absolute Gasteiger partial charge is 0.272 e. The number of aromatic nitrogens is 2. The SMILES string of the molecule is CNC(=O)[C@@H](NC(=O)c1nc(-c2ccc(C)cc2)n2c1CN(C)CCC2)C(C)(C)C. The van der Waals surface area contributed by atoms with Gasteiger partial charge in [0.15, 0.2) is 5.69 Å². The van der Waals surface area contributed by atoms with Crippen LogP contribution < -0.4 is 10.6 Å². The van der Waals surface area contributed by atoms with E-state index in [2.05, 4.69) is 46.2 Å². The predicted octanol–water partition coefficient (Wildman–Crippen LogP) is 2.58. The van der Waals surface area contributed by atoms with Crippen molar-refractivity contribution < 1.29 is 9.59 Å². The molecular weight excluding hydrogens is 378 g/mol.